The van der Waals surface area contributed by atoms with Crippen LogP contribution >= 0.6 is 24.0 Å². The number of carbonyl (C=O) groups excluding carboxylic acids is 2. The van der Waals surface area contributed by atoms with Crippen LogP contribution in [0.15, 0.2) is 12.1 Å². The largest absolute Gasteiger partial charge is 0.496 e. The van der Waals surface area contributed by atoms with Crippen LogP contribution in [0.25, 0.3) is 0 Å². The van der Waals surface area contributed by atoms with E-state index in [1.54, 1.807) is 13.0 Å². The Morgan fingerprint density at radius 2 is 2.00 bits per heavy atom. The molecule has 0 aromatic heterocycles. The van der Waals surface area contributed by atoms with E-state index in [0.29, 0.717) is 28.6 Å². The molecule has 0 saturated carbocycles. The highest BCUT2D eigenvalue weighted by atomic mass is 35.5. The number of hydrogen-bond donors (Lipinski definition) is 2. The number of benzene rings is 1. The highest BCUT2D eigenvalue weighted by Gasteiger charge is 2.24. The van der Waals surface area contributed by atoms with Crippen molar-refractivity contribution >= 4 is 41.6 Å². The third kappa shape index (κ3) is 5.93. The van der Waals surface area contributed by atoms with Crippen LogP contribution in [-0.2, 0) is 9.53 Å². The van der Waals surface area contributed by atoms with Crippen molar-refractivity contribution < 1.29 is 19.1 Å². The van der Waals surface area contributed by atoms with E-state index in [4.69, 9.17) is 26.8 Å². The third-order valence-corrected chi connectivity index (χ3v) is 4.47. The van der Waals surface area contributed by atoms with Gasteiger partial charge in [0.25, 0.3) is 5.91 Å². The van der Waals surface area contributed by atoms with Gasteiger partial charge in [0, 0.05) is 25.2 Å². The number of nitrogens with one attached hydrogen (secondary N) is 1. The number of likely N-dealkylation sites (tertiary alicyclic amines) is 1. The molecule has 146 valence electrons. The highest BCUT2D eigenvalue weighted by Crippen LogP contribution is 2.29. The quantitative estimate of drug-likeness (QED) is 0.555. The summed E-state index contributed by atoms with van der Waals surface area (Å²) >= 11 is 6.01. The summed E-state index contributed by atoms with van der Waals surface area (Å²) in [6.07, 6.45) is 1.52. The fraction of sp³-hybridized carbons (Fsp3) is 0.529. The molecule has 0 unspecified atom stereocenters. The summed E-state index contributed by atoms with van der Waals surface area (Å²) < 4.78 is 10.2. The Labute approximate surface area is 164 Å². The zero-order chi connectivity index (χ0) is 18.4. The molecule has 9 heteroatoms. The first-order chi connectivity index (χ1) is 11.9. The van der Waals surface area contributed by atoms with Gasteiger partial charge in [-0.1, -0.05) is 11.6 Å². The van der Waals surface area contributed by atoms with Crippen LogP contribution in [0.2, 0.25) is 5.02 Å². The summed E-state index contributed by atoms with van der Waals surface area (Å²) in [6.45, 7) is 3.91. The standard InChI is InChI=1S/C17H24ClN3O4.ClH/c1-3-25-16(22)10-21-6-4-11(5-7-21)20-17(23)12-8-13(18)14(19)9-15(12)24-2;/h8-9,11H,3-7,10,19H2,1-2H3,(H,20,23);1H. The molecule has 1 aliphatic rings. The van der Waals surface area contributed by atoms with Gasteiger partial charge in [-0.2, -0.15) is 0 Å². The highest BCUT2D eigenvalue weighted by molar-refractivity contribution is 6.33. The Morgan fingerprint density at radius 1 is 1.35 bits per heavy atom. The molecule has 0 atom stereocenters. The molecule has 0 bridgehead atoms. The van der Waals surface area contributed by atoms with Gasteiger partial charge in [0.2, 0.25) is 0 Å². The normalized spacial score (nSPS) is 15.0. The van der Waals surface area contributed by atoms with Gasteiger partial charge in [-0.05, 0) is 25.8 Å². The molecule has 1 aromatic carbocycles. The Balaban J connectivity index is 0.00000338. The van der Waals surface area contributed by atoms with E-state index in [1.807, 2.05) is 4.90 Å². The van der Waals surface area contributed by atoms with Crippen molar-refractivity contribution in [3.8, 4) is 5.75 Å². The number of ether oxygens (including phenoxy) is 2. The van der Waals surface area contributed by atoms with Crippen LogP contribution in [-0.4, -0.2) is 56.2 Å². The maximum atomic E-state index is 12.5. The molecule has 7 nitrogen and oxygen atoms in total. The number of rotatable bonds is 6. The van der Waals surface area contributed by atoms with Crippen molar-refractivity contribution in [3.05, 3.63) is 22.7 Å². The zero-order valence-corrected chi connectivity index (χ0v) is 16.5. The van der Waals surface area contributed by atoms with Gasteiger partial charge in [-0.25, -0.2) is 0 Å². The van der Waals surface area contributed by atoms with Gasteiger partial charge in [0.15, 0.2) is 0 Å². The SMILES string of the molecule is CCOC(=O)CN1CCC(NC(=O)c2cc(Cl)c(N)cc2OC)CC1.Cl. The van der Waals surface area contributed by atoms with Crippen LogP contribution < -0.4 is 15.8 Å². The van der Waals surface area contributed by atoms with Gasteiger partial charge in [-0.15, -0.1) is 12.4 Å². The summed E-state index contributed by atoms with van der Waals surface area (Å²) in [7, 11) is 1.48. The maximum absolute atomic E-state index is 12.5. The monoisotopic (exact) mass is 405 g/mol. The molecule has 3 N–H and O–H groups in total. The first-order valence-electron chi connectivity index (χ1n) is 8.26. The van der Waals surface area contributed by atoms with Crippen molar-refractivity contribution in [2.24, 2.45) is 0 Å². The van der Waals surface area contributed by atoms with E-state index in [2.05, 4.69) is 5.32 Å². The molecule has 1 amide bonds. The first-order valence-corrected chi connectivity index (χ1v) is 8.64. The number of nitrogens with zero attached hydrogens (tertiary/aromatic N) is 1. The molecule has 1 heterocycles. The Kier molecular flexibility index (Phi) is 8.98. The average molecular weight is 406 g/mol. The minimum atomic E-state index is -0.248. The van der Waals surface area contributed by atoms with Crippen LogP contribution in [0.4, 0.5) is 5.69 Å². The third-order valence-electron chi connectivity index (χ3n) is 4.14. The summed E-state index contributed by atoms with van der Waals surface area (Å²) in [6, 6.07) is 3.09. The molecule has 1 saturated heterocycles. The summed E-state index contributed by atoms with van der Waals surface area (Å²) in [5.74, 6) is -0.0759. The van der Waals surface area contributed by atoms with Crippen LogP contribution in [0, 0.1) is 0 Å². The summed E-state index contributed by atoms with van der Waals surface area (Å²) in [4.78, 5) is 26.1. The maximum Gasteiger partial charge on any atom is 0.320 e. The van der Waals surface area contributed by atoms with Crippen molar-refractivity contribution in [3.63, 3.8) is 0 Å². The molecule has 0 radical (unpaired) electrons. The Morgan fingerprint density at radius 3 is 2.58 bits per heavy atom. The van der Waals surface area contributed by atoms with Crippen molar-refractivity contribution in [2.45, 2.75) is 25.8 Å². The van der Waals surface area contributed by atoms with Crippen LogP contribution in [0.5, 0.6) is 5.75 Å². The number of esters is 1. The topological polar surface area (TPSA) is 93.9 Å². The van der Waals surface area contributed by atoms with Crippen molar-refractivity contribution in [2.75, 3.05) is 39.1 Å². The zero-order valence-electron chi connectivity index (χ0n) is 14.9. The van der Waals surface area contributed by atoms with Gasteiger partial charge >= 0.3 is 5.97 Å². The van der Waals surface area contributed by atoms with E-state index in [1.165, 1.54) is 13.2 Å². The molecule has 2 rings (SSSR count). The first kappa shape index (κ1) is 22.3. The van der Waals surface area contributed by atoms with E-state index in [-0.39, 0.29) is 36.9 Å². The number of piperidine rings is 1. The van der Waals surface area contributed by atoms with Crippen LogP contribution in [0.3, 0.4) is 0 Å². The molecular formula is C17H25Cl2N3O4. The van der Waals surface area contributed by atoms with E-state index in [0.717, 1.165) is 25.9 Å². The molecule has 1 aromatic rings. The van der Waals surface area contributed by atoms with Crippen molar-refractivity contribution in [1.82, 2.24) is 10.2 Å². The lowest BCUT2D eigenvalue weighted by Crippen LogP contribution is -2.46. The molecule has 0 aliphatic carbocycles. The van der Waals surface area contributed by atoms with E-state index in [9.17, 15) is 9.59 Å². The number of anilines is 1. The second kappa shape index (κ2) is 10.4. The second-order valence-corrected chi connectivity index (χ2v) is 6.31. The lowest BCUT2D eigenvalue weighted by Gasteiger charge is -2.31. The second-order valence-electron chi connectivity index (χ2n) is 5.90. The van der Waals surface area contributed by atoms with E-state index >= 15 is 0 Å². The lowest BCUT2D eigenvalue weighted by atomic mass is 10.0. The molecule has 1 aliphatic heterocycles. The van der Waals surface area contributed by atoms with Gasteiger partial charge < -0.3 is 20.5 Å². The summed E-state index contributed by atoms with van der Waals surface area (Å²) in [5.41, 5.74) is 6.46. The minimum Gasteiger partial charge on any atom is -0.496 e. The number of nitrogens with two attached hydrogens (primary N) is 1. The van der Waals surface area contributed by atoms with Gasteiger partial charge in [-0.3, -0.25) is 14.5 Å². The molecule has 0 spiro atoms. The lowest BCUT2D eigenvalue weighted by molar-refractivity contribution is -0.144. The Hall–Kier alpha value is -1.70. The predicted octanol–water partition coefficient (Wildman–Crippen LogP) is 2.11. The number of nitrogen functional groups attached to an aromatic ring is 1. The predicted molar refractivity (Wildman–Crippen MR) is 103 cm³/mol. The number of hydrogen-bond acceptors (Lipinski definition) is 6. The molecular weight excluding hydrogens is 381 g/mol. The number of amides is 1. The molecule has 26 heavy (non-hydrogen) atoms. The number of halogens is 2. The Bertz CT molecular complexity index is 635. The van der Waals surface area contributed by atoms with E-state index < -0.39 is 0 Å². The van der Waals surface area contributed by atoms with Crippen LogP contribution in [0.1, 0.15) is 30.1 Å². The average Bonchev–Trinajstić information content (AvgIpc) is 2.58. The van der Waals surface area contributed by atoms with Gasteiger partial charge in [0.1, 0.15) is 5.75 Å². The minimum absolute atomic E-state index is 0. The van der Waals surface area contributed by atoms with Gasteiger partial charge in [0.05, 0.1) is 36.5 Å². The fourth-order valence-corrected chi connectivity index (χ4v) is 2.97. The fourth-order valence-electron chi connectivity index (χ4n) is 2.80. The summed E-state index contributed by atoms with van der Waals surface area (Å²) in [5, 5.41) is 3.31. The van der Waals surface area contributed by atoms with Crippen molar-refractivity contribution in [1.29, 1.82) is 0 Å². The number of methoxy groups -OCH3 is 1. The number of carbonyl (C=O) groups is 2. The molecule has 1 fully saturated rings. The smallest absolute Gasteiger partial charge is 0.320 e.